The summed E-state index contributed by atoms with van der Waals surface area (Å²) in [5.41, 5.74) is 3.69. The molecule has 1 aromatic heterocycles. The van der Waals surface area contributed by atoms with Gasteiger partial charge in [-0.25, -0.2) is 9.97 Å². The van der Waals surface area contributed by atoms with Gasteiger partial charge in [-0.3, -0.25) is 0 Å². The molecule has 0 spiro atoms. The van der Waals surface area contributed by atoms with E-state index in [2.05, 4.69) is 54.2 Å². The van der Waals surface area contributed by atoms with Crippen molar-refractivity contribution in [2.75, 3.05) is 6.61 Å². The summed E-state index contributed by atoms with van der Waals surface area (Å²) in [6.07, 6.45) is 25.6. The van der Waals surface area contributed by atoms with Gasteiger partial charge in [-0.15, -0.1) is 0 Å². The number of benzene rings is 1. The van der Waals surface area contributed by atoms with Crippen LogP contribution in [0.2, 0.25) is 0 Å². The lowest BCUT2D eigenvalue weighted by Gasteiger charge is -2.54. The Morgan fingerprint density at radius 1 is 0.818 bits per heavy atom. The van der Waals surface area contributed by atoms with Crippen molar-refractivity contribution in [2.45, 2.75) is 103 Å². The van der Waals surface area contributed by atoms with Crippen LogP contribution in [0.5, 0.6) is 5.75 Å². The molecular formula is C30H42N2O. The van der Waals surface area contributed by atoms with Crippen molar-refractivity contribution in [3.05, 3.63) is 54.4 Å². The van der Waals surface area contributed by atoms with Gasteiger partial charge < -0.3 is 4.74 Å². The molecule has 3 nitrogen and oxygen atoms in total. The maximum atomic E-state index is 5.67. The van der Waals surface area contributed by atoms with Crippen LogP contribution in [0.4, 0.5) is 0 Å². The van der Waals surface area contributed by atoms with Gasteiger partial charge in [0, 0.05) is 5.56 Å². The first-order valence-corrected chi connectivity index (χ1v) is 13.4. The third-order valence-corrected chi connectivity index (χ3v) is 8.34. The molecule has 1 heterocycles. The number of hydrogen-bond donors (Lipinski definition) is 0. The zero-order valence-electron chi connectivity index (χ0n) is 20.8. The molecule has 3 fully saturated rings. The predicted octanol–water partition coefficient (Wildman–Crippen LogP) is 8.44. The molecule has 0 saturated heterocycles. The van der Waals surface area contributed by atoms with Crippen molar-refractivity contribution in [1.82, 2.24) is 9.97 Å². The molecule has 178 valence electrons. The van der Waals surface area contributed by atoms with Crippen LogP contribution >= 0.6 is 0 Å². The number of rotatable bonds is 12. The van der Waals surface area contributed by atoms with Crippen LogP contribution < -0.4 is 4.74 Å². The van der Waals surface area contributed by atoms with E-state index >= 15 is 0 Å². The van der Waals surface area contributed by atoms with Gasteiger partial charge in [0.15, 0.2) is 11.6 Å². The van der Waals surface area contributed by atoms with E-state index in [0.717, 1.165) is 17.8 Å². The molecule has 0 aliphatic heterocycles. The van der Waals surface area contributed by atoms with E-state index in [1.807, 2.05) is 6.08 Å². The summed E-state index contributed by atoms with van der Waals surface area (Å²) in [4.78, 5) is 9.06. The summed E-state index contributed by atoms with van der Waals surface area (Å²) in [5, 5.41) is 0. The first-order valence-electron chi connectivity index (χ1n) is 13.4. The summed E-state index contributed by atoms with van der Waals surface area (Å²) in [5.74, 6) is 1.48. The molecule has 3 heteroatoms. The zero-order valence-corrected chi connectivity index (χ0v) is 20.8. The Hall–Kier alpha value is -2.16. The summed E-state index contributed by atoms with van der Waals surface area (Å²) in [6, 6.07) is 9.13. The molecule has 0 unspecified atom stereocenters. The summed E-state index contributed by atoms with van der Waals surface area (Å²) >= 11 is 0. The van der Waals surface area contributed by atoms with E-state index in [4.69, 9.17) is 4.74 Å². The molecule has 2 aromatic rings. The SMILES string of the molecule is CCC=CCOc1cnc(-c2ccc(C34CCC(CCCCCCC)(CC3)CC4)cc2)nc1. The van der Waals surface area contributed by atoms with Gasteiger partial charge in [0.25, 0.3) is 0 Å². The highest BCUT2D eigenvalue weighted by molar-refractivity contribution is 5.56. The van der Waals surface area contributed by atoms with Crippen LogP contribution in [-0.4, -0.2) is 16.6 Å². The Balaban J connectivity index is 1.32. The maximum Gasteiger partial charge on any atom is 0.159 e. The number of aromatic nitrogens is 2. The van der Waals surface area contributed by atoms with Gasteiger partial charge in [0.2, 0.25) is 0 Å². The van der Waals surface area contributed by atoms with E-state index in [1.165, 1.54) is 82.6 Å². The molecule has 2 bridgehead atoms. The molecule has 1 aromatic carbocycles. The number of nitrogens with zero attached hydrogens (tertiary/aromatic N) is 2. The van der Waals surface area contributed by atoms with Crippen LogP contribution in [0.1, 0.15) is 103 Å². The quantitative estimate of drug-likeness (QED) is 0.242. The van der Waals surface area contributed by atoms with Gasteiger partial charge in [-0.1, -0.05) is 82.4 Å². The lowest BCUT2D eigenvalue weighted by atomic mass is 9.51. The highest BCUT2D eigenvalue weighted by Gasteiger charge is 2.48. The van der Waals surface area contributed by atoms with E-state index in [9.17, 15) is 0 Å². The molecule has 5 rings (SSSR count). The summed E-state index contributed by atoms with van der Waals surface area (Å²) in [6.45, 7) is 4.98. The molecule has 0 atom stereocenters. The van der Waals surface area contributed by atoms with Crippen LogP contribution in [0.25, 0.3) is 11.4 Å². The van der Waals surface area contributed by atoms with Gasteiger partial charge in [0.1, 0.15) is 6.61 Å². The van der Waals surface area contributed by atoms with Gasteiger partial charge in [0.05, 0.1) is 12.4 Å². The standard InChI is InChI=1S/C30H42N2O/c1-3-5-7-8-9-15-29-16-19-30(20-17-29,21-18-29)26-13-11-25(12-14-26)28-31-23-27(24-32-28)33-22-10-6-4-2/h6,10-14,23-24H,3-5,7-9,15-22H2,1-2H3. The first kappa shape index (κ1) is 24.0. The Labute approximate surface area is 201 Å². The molecule has 0 amide bonds. The molecule has 0 N–H and O–H groups in total. The fraction of sp³-hybridized carbons (Fsp3) is 0.600. The van der Waals surface area contributed by atoms with E-state index < -0.39 is 0 Å². The number of ether oxygens (including phenoxy) is 1. The zero-order chi connectivity index (χ0) is 23.0. The van der Waals surface area contributed by atoms with Crippen LogP contribution in [0.3, 0.4) is 0 Å². The molecule has 0 radical (unpaired) electrons. The highest BCUT2D eigenvalue weighted by atomic mass is 16.5. The minimum atomic E-state index is 0.410. The molecule has 33 heavy (non-hydrogen) atoms. The smallest absolute Gasteiger partial charge is 0.159 e. The maximum absolute atomic E-state index is 5.67. The fourth-order valence-corrected chi connectivity index (χ4v) is 6.07. The fourth-order valence-electron chi connectivity index (χ4n) is 6.07. The number of hydrogen-bond acceptors (Lipinski definition) is 3. The second-order valence-electron chi connectivity index (χ2n) is 10.5. The molecular weight excluding hydrogens is 404 g/mol. The van der Waals surface area contributed by atoms with Gasteiger partial charge >= 0.3 is 0 Å². The minimum Gasteiger partial charge on any atom is -0.486 e. The van der Waals surface area contributed by atoms with Crippen LogP contribution in [-0.2, 0) is 5.41 Å². The number of allylic oxidation sites excluding steroid dienone is 1. The van der Waals surface area contributed by atoms with Gasteiger partial charge in [-0.05, 0) is 67.8 Å². The highest BCUT2D eigenvalue weighted by Crippen LogP contribution is 2.59. The third-order valence-electron chi connectivity index (χ3n) is 8.34. The number of fused-ring (bicyclic) bond motifs is 3. The summed E-state index contributed by atoms with van der Waals surface area (Å²) < 4.78 is 5.67. The predicted molar refractivity (Wildman–Crippen MR) is 138 cm³/mol. The minimum absolute atomic E-state index is 0.410. The summed E-state index contributed by atoms with van der Waals surface area (Å²) in [7, 11) is 0. The van der Waals surface area contributed by atoms with Gasteiger partial charge in [-0.2, -0.15) is 0 Å². The molecule has 3 aliphatic rings. The van der Waals surface area contributed by atoms with E-state index in [-0.39, 0.29) is 0 Å². The van der Waals surface area contributed by atoms with Crippen molar-refractivity contribution < 1.29 is 4.74 Å². The normalized spacial score (nSPS) is 24.4. The van der Waals surface area contributed by atoms with Crippen molar-refractivity contribution in [1.29, 1.82) is 0 Å². The van der Waals surface area contributed by atoms with Crippen molar-refractivity contribution in [3.8, 4) is 17.1 Å². The Morgan fingerprint density at radius 3 is 2.12 bits per heavy atom. The van der Waals surface area contributed by atoms with Crippen molar-refractivity contribution in [3.63, 3.8) is 0 Å². The lowest BCUT2D eigenvalue weighted by molar-refractivity contribution is 0.0304. The van der Waals surface area contributed by atoms with Crippen LogP contribution in [0, 0.1) is 5.41 Å². The van der Waals surface area contributed by atoms with E-state index in [0.29, 0.717) is 23.2 Å². The van der Waals surface area contributed by atoms with Crippen molar-refractivity contribution in [2.24, 2.45) is 5.41 Å². The average molecular weight is 447 g/mol. The lowest BCUT2D eigenvalue weighted by Crippen LogP contribution is -2.44. The molecule has 3 aliphatic carbocycles. The Kier molecular flexibility index (Phi) is 8.22. The average Bonchev–Trinajstić information content (AvgIpc) is 2.88. The second kappa shape index (κ2) is 11.3. The van der Waals surface area contributed by atoms with Crippen LogP contribution in [0.15, 0.2) is 48.8 Å². The monoisotopic (exact) mass is 446 g/mol. The topological polar surface area (TPSA) is 35.0 Å². The Bertz CT molecular complexity index is 860. The Morgan fingerprint density at radius 2 is 1.48 bits per heavy atom. The second-order valence-corrected chi connectivity index (χ2v) is 10.5. The third kappa shape index (κ3) is 5.86. The molecule has 3 saturated carbocycles. The first-order chi connectivity index (χ1) is 16.2. The van der Waals surface area contributed by atoms with Crippen molar-refractivity contribution >= 4 is 0 Å². The number of unbranched alkanes of at least 4 members (excludes halogenated alkanes) is 4. The van der Waals surface area contributed by atoms with E-state index in [1.54, 1.807) is 12.4 Å². The largest absolute Gasteiger partial charge is 0.486 e.